The van der Waals surface area contributed by atoms with E-state index in [1.54, 1.807) is 0 Å². The number of carbonyl (C=O) groups is 2. The van der Waals surface area contributed by atoms with Gasteiger partial charge in [-0.05, 0) is 61.5 Å². The molecule has 0 radical (unpaired) electrons. The quantitative estimate of drug-likeness (QED) is 0.501. The first-order valence-corrected chi connectivity index (χ1v) is 11.7. The summed E-state index contributed by atoms with van der Waals surface area (Å²) in [5.41, 5.74) is 2.28. The number of nitrogens with zero attached hydrogens (tertiary/aromatic N) is 1. The zero-order chi connectivity index (χ0) is 23.1. The van der Waals surface area contributed by atoms with Gasteiger partial charge in [-0.3, -0.25) is 0 Å². The molecule has 2 heterocycles. The lowest BCUT2D eigenvalue weighted by atomic mass is 9.79. The average molecular weight is 448 g/mol. The number of carboxylic acids is 1. The number of ether oxygens (including phenoxy) is 2. The lowest BCUT2D eigenvalue weighted by Gasteiger charge is -2.35. The van der Waals surface area contributed by atoms with Crippen LogP contribution in [0, 0.1) is 11.3 Å². The lowest BCUT2D eigenvalue weighted by Crippen LogP contribution is -2.43. The Morgan fingerprint density at radius 2 is 2.09 bits per heavy atom. The van der Waals surface area contributed by atoms with Crippen molar-refractivity contribution in [3.05, 3.63) is 23.4 Å². The normalized spacial score (nSPS) is 21.0. The first-order valence-electron chi connectivity index (χ1n) is 11.7. The molecular weight excluding hydrogens is 410 g/mol. The third-order valence-electron chi connectivity index (χ3n) is 5.94. The number of hydrogen-bond donors (Lipinski definition) is 3. The molecule has 0 spiro atoms. The standard InChI is InChI=1S/C24H37N3O5/c1-24(2,3)15-32-23(30)27-20(22(28)29)10-12-31-19-13-16(14-19)6-8-18-9-7-17-5-4-11-25-21(17)26-18/h7,9,16,19-20H,4-6,8,10-15H2,1-3H3,(H,25,26)(H,27,30)(H,28,29)/t16-,19-,20-/m0/s1. The summed E-state index contributed by atoms with van der Waals surface area (Å²) in [6.07, 6.45) is 5.98. The van der Waals surface area contributed by atoms with E-state index in [0.717, 1.165) is 50.2 Å². The average Bonchev–Trinajstić information content (AvgIpc) is 2.71. The van der Waals surface area contributed by atoms with E-state index in [1.165, 1.54) is 12.0 Å². The van der Waals surface area contributed by atoms with Crippen molar-refractivity contribution in [1.82, 2.24) is 10.3 Å². The molecule has 1 aromatic rings. The van der Waals surface area contributed by atoms with E-state index in [4.69, 9.17) is 14.5 Å². The predicted molar refractivity (Wildman–Crippen MR) is 122 cm³/mol. The van der Waals surface area contributed by atoms with Crippen LogP contribution < -0.4 is 10.6 Å². The van der Waals surface area contributed by atoms with Gasteiger partial charge in [0.2, 0.25) is 0 Å². The number of hydrogen-bond acceptors (Lipinski definition) is 6. The molecule has 1 fully saturated rings. The van der Waals surface area contributed by atoms with Gasteiger partial charge in [0.25, 0.3) is 0 Å². The fourth-order valence-corrected chi connectivity index (χ4v) is 3.98. The maximum Gasteiger partial charge on any atom is 0.407 e. The number of carbonyl (C=O) groups excluding carboxylic acids is 1. The number of rotatable bonds is 10. The molecule has 2 aliphatic rings. The number of nitrogens with one attached hydrogen (secondary N) is 2. The van der Waals surface area contributed by atoms with Gasteiger partial charge in [-0.2, -0.15) is 0 Å². The third-order valence-corrected chi connectivity index (χ3v) is 5.94. The van der Waals surface area contributed by atoms with Crippen LogP contribution in [-0.2, 0) is 27.1 Å². The highest BCUT2D eigenvalue weighted by atomic mass is 16.5. The molecule has 0 unspecified atom stereocenters. The Hall–Kier alpha value is -2.35. The molecule has 0 bridgehead atoms. The third kappa shape index (κ3) is 7.65. The lowest BCUT2D eigenvalue weighted by molar-refractivity contribution is -0.140. The van der Waals surface area contributed by atoms with E-state index in [1.807, 2.05) is 20.8 Å². The molecule has 0 saturated heterocycles. The number of alkyl carbamates (subject to hydrolysis) is 1. The van der Waals surface area contributed by atoms with Gasteiger partial charge in [0, 0.05) is 25.3 Å². The van der Waals surface area contributed by atoms with Crippen LogP contribution in [0.5, 0.6) is 0 Å². The van der Waals surface area contributed by atoms with Crippen molar-refractivity contribution in [2.75, 3.05) is 25.1 Å². The highest BCUT2D eigenvalue weighted by Crippen LogP contribution is 2.34. The molecule has 1 amide bonds. The minimum atomic E-state index is -1.08. The number of fused-ring (bicyclic) bond motifs is 1. The van der Waals surface area contributed by atoms with Crippen molar-refractivity contribution < 1.29 is 24.2 Å². The molecule has 1 atom stereocenters. The van der Waals surface area contributed by atoms with Crippen LogP contribution >= 0.6 is 0 Å². The highest BCUT2D eigenvalue weighted by molar-refractivity contribution is 5.79. The zero-order valence-corrected chi connectivity index (χ0v) is 19.5. The first kappa shape index (κ1) is 24.3. The van der Waals surface area contributed by atoms with Crippen LogP contribution in [0.15, 0.2) is 12.1 Å². The van der Waals surface area contributed by atoms with Gasteiger partial charge in [-0.1, -0.05) is 26.8 Å². The van der Waals surface area contributed by atoms with E-state index in [2.05, 4.69) is 22.8 Å². The van der Waals surface area contributed by atoms with Gasteiger partial charge < -0.3 is 25.2 Å². The number of anilines is 1. The van der Waals surface area contributed by atoms with E-state index in [9.17, 15) is 14.7 Å². The summed E-state index contributed by atoms with van der Waals surface area (Å²) < 4.78 is 10.9. The molecule has 0 aromatic carbocycles. The number of aliphatic carboxylic acids is 1. The minimum Gasteiger partial charge on any atom is -0.480 e. The molecular formula is C24H37N3O5. The van der Waals surface area contributed by atoms with Crippen LogP contribution in [0.25, 0.3) is 0 Å². The van der Waals surface area contributed by atoms with Gasteiger partial charge in [-0.15, -0.1) is 0 Å². The van der Waals surface area contributed by atoms with Crippen molar-refractivity contribution in [2.45, 2.75) is 77.9 Å². The maximum absolute atomic E-state index is 11.8. The Morgan fingerprint density at radius 3 is 2.81 bits per heavy atom. The van der Waals surface area contributed by atoms with Crippen molar-refractivity contribution in [2.24, 2.45) is 11.3 Å². The molecule has 32 heavy (non-hydrogen) atoms. The largest absolute Gasteiger partial charge is 0.480 e. The monoisotopic (exact) mass is 447 g/mol. The van der Waals surface area contributed by atoms with Gasteiger partial charge in [0.05, 0.1) is 12.7 Å². The van der Waals surface area contributed by atoms with Gasteiger partial charge in [0.1, 0.15) is 11.9 Å². The van der Waals surface area contributed by atoms with Gasteiger partial charge >= 0.3 is 12.1 Å². The molecule has 1 aliphatic heterocycles. The Bertz CT molecular complexity index is 786. The fourth-order valence-electron chi connectivity index (χ4n) is 3.98. The summed E-state index contributed by atoms with van der Waals surface area (Å²) in [6, 6.07) is 3.33. The second-order valence-electron chi connectivity index (χ2n) is 10.2. The van der Waals surface area contributed by atoms with Crippen LogP contribution in [0.4, 0.5) is 10.6 Å². The van der Waals surface area contributed by atoms with Crippen molar-refractivity contribution in [1.29, 1.82) is 0 Å². The molecule has 178 valence electrons. The molecule has 3 rings (SSSR count). The Morgan fingerprint density at radius 1 is 1.31 bits per heavy atom. The summed E-state index contributed by atoms with van der Waals surface area (Å²) in [6.45, 7) is 7.34. The topological polar surface area (TPSA) is 110 Å². The Kier molecular flexibility index (Phi) is 8.34. The first-order chi connectivity index (χ1) is 15.2. The van der Waals surface area contributed by atoms with Crippen LogP contribution in [0.2, 0.25) is 0 Å². The number of carboxylic acid groups (broad SMARTS) is 1. The van der Waals surface area contributed by atoms with E-state index < -0.39 is 18.1 Å². The van der Waals surface area contributed by atoms with Crippen molar-refractivity contribution in [3.8, 4) is 0 Å². The predicted octanol–water partition coefficient (Wildman–Crippen LogP) is 3.78. The van der Waals surface area contributed by atoms with Crippen molar-refractivity contribution in [3.63, 3.8) is 0 Å². The maximum atomic E-state index is 11.8. The Labute approximate surface area is 190 Å². The van der Waals surface area contributed by atoms with E-state index in [0.29, 0.717) is 12.5 Å². The molecule has 8 nitrogen and oxygen atoms in total. The van der Waals surface area contributed by atoms with E-state index in [-0.39, 0.29) is 24.5 Å². The van der Waals surface area contributed by atoms with Crippen LogP contribution in [-0.4, -0.2) is 54.1 Å². The molecule has 1 aliphatic carbocycles. The smallest absolute Gasteiger partial charge is 0.407 e. The number of amides is 1. The molecule has 8 heteroatoms. The highest BCUT2D eigenvalue weighted by Gasteiger charge is 2.30. The van der Waals surface area contributed by atoms with Crippen molar-refractivity contribution >= 4 is 17.9 Å². The fraction of sp³-hybridized carbons (Fsp3) is 0.708. The summed E-state index contributed by atoms with van der Waals surface area (Å²) >= 11 is 0. The SMILES string of the molecule is CC(C)(C)COC(=O)N[C@@H](CCO[C@H]1C[C@H](CCc2ccc3c(n2)NCCC3)C1)C(=O)O. The van der Waals surface area contributed by atoms with Crippen LogP contribution in [0.1, 0.15) is 64.1 Å². The summed E-state index contributed by atoms with van der Waals surface area (Å²) in [5, 5.41) is 15.1. The van der Waals surface area contributed by atoms with E-state index >= 15 is 0 Å². The van der Waals surface area contributed by atoms with Gasteiger partial charge in [0.15, 0.2) is 0 Å². The molecule has 3 N–H and O–H groups in total. The second-order valence-corrected chi connectivity index (χ2v) is 10.2. The Balaban J connectivity index is 1.30. The molecule has 1 saturated carbocycles. The number of aryl methyl sites for hydroxylation is 2. The van der Waals surface area contributed by atoms with Crippen LogP contribution in [0.3, 0.4) is 0 Å². The summed E-state index contributed by atoms with van der Waals surface area (Å²) in [4.78, 5) is 28.0. The summed E-state index contributed by atoms with van der Waals surface area (Å²) in [7, 11) is 0. The second kappa shape index (κ2) is 11.0. The minimum absolute atomic E-state index is 0.167. The van der Waals surface area contributed by atoms with Gasteiger partial charge in [-0.25, -0.2) is 14.6 Å². The molecule has 1 aromatic heterocycles. The number of pyridine rings is 1. The zero-order valence-electron chi connectivity index (χ0n) is 19.5. The number of aromatic nitrogens is 1. The summed E-state index contributed by atoms with van der Waals surface area (Å²) in [5.74, 6) is 0.582.